The van der Waals surface area contributed by atoms with Crippen molar-refractivity contribution < 1.29 is 24.5 Å². The van der Waals surface area contributed by atoms with Crippen molar-refractivity contribution in [1.29, 1.82) is 0 Å². The van der Waals surface area contributed by atoms with Crippen LogP contribution in [0.4, 0.5) is 22.7 Å². The number of aromatic hydroxyl groups is 1. The van der Waals surface area contributed by atoms with E-state index in [9.17, 15) is 25.0 Å². The Morgan fingerprint density at radius 1 is 1.08 bits per heavy atom. The minimum atomic E-state index is -0.644. The van der Waals surface area contributed by atoms with E-state index in [2.05, 4.69) is 5.32 Å². The van der Waals surface area contributed by atoms with Crippen LogP contribution >= 0.6 is 0 Å². The van der Waals surface area contributed by atoms with Crippen LogP contribution in [0.15, 0.2) is 36.4 Å². The van der Waals surface area contributed by atoms with E-state index in [0.29, 0.717) is 5.75 Å². The molecule has 130 valence electrons. The van der Waals surface area contributed by atoms with Crippen LogP contribution < -0.4 is 15.8 Å². The van der Waals surface area contributed by atoms with Crippen molar-refractivity contribution in [1.82, 2.24) is 0 Å². The molecule has 0 fully saturated rings. The fraction of sp³-hybridized carbons (Fsp3) is 0.0714. The summed E-state index contributed by atoms with van der Waals surface area (Å²) in [5.74, 6) is -0.315. The summed E-state index contributed by atoms with van der Waals surface area (Å²) in [5, 5.41) is 32.1. The number of anilines is 2. The average Bonchev–Trinajstić information content (AvgIpc) is 2.57. The Morgan fingerprint density at radius 2 is 1.68 bits per heavy atom. The van der Waals surface area contributed by atoms with E-state index >= 15 is 0 Å². The SMILES string of the molecule is Nc1c(O)cccc1[N+](=O)[O-].O=C1COc2cccc([N+](=O)[O-])c2N1. The molecule has 25 heavy (non-hydrogen) atoms. The molecule has 0 unspecified atom stereocenters. The number of benzene rings is 2. The third kappa shape index (κ3) is 3.90. The Morgan fingerprint density at radius 3 is 2.28 bits per heavy atom. The molecule has 11 nitrogen and oxygen atoms in total. The molecule has 0 saturated heterocycles. The van der Waals surface area contributed by atoms with Crippen molar-refractivity contribution in [3.63, 3.8) is 0 Å². The second-order valence-corrected chi connectivity index (χ2v) is 4.71. The fourth-order valence-electron chi connectivity index (χ4n) is 1.94. The summed E-state index contributed by atoms with van der Waals surface area (Å²) in [6, 6.07) is 8.28. The predicted molar refractivity (Wildman–Crippen MR) is 86.4 cm³/mol. The molecule has 4 N–H and O–H groups in total. The van der Waals surface area contributed by atoms with Crippen LogP contribution in [0.1, 0.15) is 0 Å². The van der Waals surface area contributed by atoms with E-state index in [4.69, 9.17) is 15.6 Å². The van der Waals surface area contributed by atoms with Gasteiger partial charge in [-0.2, -0.15) is 0 Å². The number of nitrogens with one attached hydrogen (secondary N) is 1. The molecule has 1 aliphatic rings. The monoisotopic (exact) mass is 348 g/mol. The molecule has 2 aromatic rings. The first-order chi connectivity index (χ1) is 11.8. The average molecular weight is 348 g/mol. The molecule has 0 spiro atoms. The Labute approximate surface area is 139 Å². The maximum Gasteiger partial charge on any atom is 0.296 e. The molecule has 11 heteroatoms. The van der Waals surface area contributed by atoms with Crippen molar-refractivity contribution >= 4 is 28.7 Å². The lowest BCUT2D eigenvalue weighted by Gasteiger charge is -2.16. The van der Waals surface area contributed by atoms with Gasteiger partial charge < -0.3 is 20.9 Å². The molecule has 0 bridgehead atoms. The number of fused-ring (bicyclic) bond motifs is 1. The molecular weight excluding hydrogens is 336 g/mol. The molecule has 0 aromatic heterocycles. The first kappa shape index (κ1) is 17.5. The maximum atomic E-state index is 10.9. The topological polar surface area (TPSA) is 171 Å². The van der Waals surface area contributed by atoms with Crippen molar-refractivity contribution in [2.24, 2.45) is 0 Å². The summed E-state index contributed by atoms with van der Waals surface area (Å²) >= 11 is 0. The van der Waals surface area contributed by atoms with Crippen LogP contribution in [-0.2, 0) is 4.79 Å². The number of hydrogen-bond donors (Lipinski definition) is 3. The van der Waals surface area contributed by atoms with Gasteiger partial charge in [-0.15, -0.1) is 0 Å². The molecule has 0 saturated carbocycles. The zero-order valence-electron chi connectivity index (χ0n) is 12.5. The Kier molecular flexibility index (Phi) is 4.98. The van der Waals surface area contributed by atoms with Crippen molar-refractivity contribution in [3.05, 3.63) is 56.6 Å². The smallest absolute Gasteiger partial charge is 0.296 e. The number of nitro groups is 2. The Balaban J connectivity index is 0.000000186. The minimum absolute atomic E-state index is 0.103. The van der Waals surface area contributed by atoms with E-state index in [-0.39, 0.29) is 41.0 Å². The van der Waals surface area contributed by atoms with E-state index in [1.807, 2.05) is 0 Å². The van der Waals surface area contributed by atoms with Crippen LogP contribution in [0.3, 0.4) is 0 Å². The van der Waals surface area contributed by atoms with Gasteiger partial charge in [0.25, 0.3) is 17.3 Å². The highest BCUT2D eigenvalue weighted by molar-refractivity contribution is 5.98. The second kappa shape index (κ2) is 7.12. The Hall–Kier alpha value is -3.89. The number of phenols is 1. The van der Waals surface area contributed by atoms with Gasteiger partial charge in [0.1, 0.15) is 5.75 Å². The van der Waals surface area contributed by atoms with Gasteiger partial charge in [-0.25, -0.2) is 0 Å². The van der Waals surface area contributed by atoms with E-state index in [1.165, 1.54) is 30.3 Å². The van der Waals surface area contributed by atoms with Crippen LogP contribution in [-0.4, -0.2) is 27.5 Å². The lowest BCUT2D eigenvalue weighted by molar-refractivity contribution is -0.384. The number of nitrogens with two attached hydrogens (primary N) is 1. The summed E-state index contributed by atoms with van der Waals surface area (Å²) < 4.78 is 5.01. The van der Waals surface area contributed by atoms with E-state index in [1.54, 1.807) is 6.07 Å². The van der Waals surface area contributed by atoms with Gasteiger partial charge in [0, 0.05) is 12.1 Å². The molecule has 0 radical (unpaired) electrons. The molecular formula is C14H12N4O7. The van der Waals surface area contributed by atoms with Crippen LogP contribution in [0.5, 0.6) is 11.5 Å². The first-order valence-corrected chi connectivity index (χ1v) is 6.73. The van der Waals surface area contributed by atoms with Gasteiger partial charge >= 0.3 is 0 Å². The summed E-state index contributed by atoms with van der Waals surface area (Å²) in [7, 11) is 0. The number of phenolic OH excluding ortho intramolecular Hbond substituents is 1. The summed E-state index contributed by atoms with van der Waals surface area (Å²) in [5.41, 5.74) is 4.70. The first-order valence-electron chi connectivity index (χ1n) is 6.73. The number of nitrogen functional groups attached to an aromatic ring is 1. The maximum absolute atomic E-state index is 10.9. The third-order valence-corrected chi connectivity index (χ3v) is 3.08. The number of amides is 1. The fourth-order valence-corrected chi connectivity index (χ4v) is 1.94. The van der Waals surface area contributed by atoms with E-state index in [0.717, 1.165) is 0 Å². The standard InChI is InChI=1S/C8H6N2O4.C6H6N2O3/c11-7-4-14-6-3-1-2-5(10(12)13)8(6)9-7;7-6-4(8(10)11)2-1-3-5(6)9/h1-3H,4H2,(H,9,11);1-3,9H,7H2. The lowest BCUT2D eigenvalue weighted by atomic mass is 10.2. The van der Waals surface area contributed by atoms with Crippen LogP contribution in [0.25, 0.3) is 0 Å². The van der Waals surface area contributed by atoms with Crippen molar-refractivity contribution in [2.75, 3.05) is 17.7 Å². The minimum Gasteiger partial charge on any atom is -0.506 e. The number of carbonyl (C=O) groups excluding carboxylic acids is 1. The highest BCUT2D eigenvalue weighted by Gasteiger charge is 2.24. The van der Waals surface area contributed by atoms with Gasteiger partial charge in [-0.05, 0) is 12.1 Å². The van der Waals surface area contributed by atoms with Gasteiger partial charge in [0.05, 0.1) is 9.85 Å². The number of para-hydroxylation sites is 2. The molecule has 2 aromatic carbocycles. The quantitative estimate of drug-likeness (QED) is 0.319. The predicted octanol–water partition coefficient (Wildman–Crippen LogP) is 1.81. The lowest BCUT2D eigenvalue weighted by Crippen LogP contribution is -2.25. The molecule has 1 heterocycles. The molecule has 1 amide bonds. The largest absolute Gasteiger partial charge is 0.506 e. The number of ether oxygens (including phenoxy) is 1. The normalized spacial score (nSPS) is 11.9. The molecule has 0 atom stereocenters. The summed E-state index contributed by atoms with van der Waals surface area (Å²) in [6.45, 7) is -0.103. The van der Waals surface area contributed by atoms with E-state index < -0.39 is 9.85 Å². The third-order valence-electron chi connectivity index (χ3n) is 3.08. The number of carbonyl (C=O) groups is 1. The Bertz CT molecular complexity index is 853. The van der Waals surface area contributed by atoms with Gasteiger partial charge in [0.2, 0.25) is 0 Å². The van der Waals surface area contributed by atoms with Crippen LogP contribution in [0, 0.1) is 20.2 Å². The summed E-state index contributed by atoms with van der Waals surface area (Å²) in [6.07, 6.45) is 0. The van der Waals surface area contributed by atoms with Crippen LogP contribution in [0.2, 0.25) is 0 Å². The molecule has 3 rings (SSSR count). The van der Waals surface area contributed by atoms with Gasteiger partial charge in [0.15, 0.2) is 23.7 Å². The summed E-state index contributed by atoms with van der Waals surface area (Å²) in [4.78, 5) is 30.5. The zero-order chi connectivity index (χ0) is 18.6. The zero-order valence-corrected chi connectivity index (χ0v) is 12.5. The van der Waals surface area contributed by atoms with Crippen molar-refractivity contribution in [2.45, 2.75) is 0 Å². The molecule has 0 aliphatic carbocycles. The number of nitro benzene ring substituents is 2. The van der Waals surface area contributed by atoms with Gasteiger partial charge in [-0.3, -0.25) is 25.0 Å². The second-order valence-electron chi connectivity index (χ2n) is 4.71. The van der Waals surface area contributed by atoms with Gasteiger partial charge in [-0.1, -0.05) is 12.1 Å². The highest BCUT2D eigenvalue weighted by atomic mass is 16.6. The number of nitrogens with zero attached hydrogens (tertiary/aromatic N) is 2. The highest BCUT2D eigenvalue weighted by Crippen LogP contribution is 2.35. The number of rotatable bonds is 2. The van der Waals surface area contributed by atoms with Crippen molar-refractivity contribution in [3.8, 4) is 11.5 Å². The molecule has 1 aliphatic heterocycles. The number of hydrogen-bond acceptors (Lipinski definition) is 8.